The van der Waals surface area contributed by atoms with Crippen LogP contribution in [0.4, 0.5) is 26.4 Å². The second kappa shape index (κ2) is 17.4. The number of aromatic nitrogens is 6. The highest BCUT2D eigenvalue weighted by Gasteiger charge is 2.29. The van der Waals surface area contributed by atoms with Gasteiger partial charge in [0.25, 0.3) is 0 Å². The van der Waals surface area contributed by atoms with Gasteiger partial charge in [-0.2, -0.15) is 4.98 Å². The zero-order chi connectivity index (χ0) is 44.7. The molecule has 17 heteroatoms. The van der Waals surface area contributed by atoms with Crippen molar-refractivity contribution in [3.05, 3.63) is 95.8 Å². The maximum absolute atomic E-state index is 16.4. The third-order valence-corrected chi connectivity index (χ3v) is 12.6. The third kappa shape index (κ3) is 8.76. The van der Waals surface area contributed by atoms with E-state index in [0.29, 0.717) is 52.7 Å². The predicted octanol–water partition coefficient (Wildman–Crippen LogP) is 6.79. The average molecular weight is 869 g/mol. The van der Waals surface area contributed by atoms with Gasteiger partial charge in [-0.1, -0.05) is 38.1 Å². The first kappa shape index (κ1) is 42.5. The molecular weight excluding hydrogens is 816 g/mol. The summed E-state index contributed by atoms with van der Waals surface area (Å²) in [4.78, 5) is 66.7. The summed E-state index contributed by atoms with van der Waals surface area (Å²) in [6.45, 7) is 16.7. The van der Waals surface area contributed by atoms with Crippen LogP contribution in [0.25, 0.3) is 33.5 Å². The van der Waals surface area contributed by atoms with Crippen LogP contribution in [0.1, 0.15) is 80.6 Å². The molecule has 4 aromatic heterocycles. The van der Waals surface area contributed by atoms with Gasteiger partial charge in [0, 0.05) is 92.9 Å². The molecule has 0 radical (unpaired) electrons. The Morgan fingerprint density at radius 2 is 1.64 bits per heavy atom. The van der Waals surface area contributed by atoms with Crippen LogP contribution in [-0.2, 0) is 10.2 Å². The minimum Gasteiger partial charge on any atom is -0.372 e. The first-order valence-corrected chi connectivity index (χ1v) is 22.0. The summed E-state index contributed by atoms with van der Waals surface area (Å²) in [5.74, 6) is 0.717. The third-order valence-electron chi connectivity index (χ3n) is 12.6. The number of hydrogen-bond donors (Lipinski definition) is 3. The van der Waals surface area contributed by atoms with E-state index in [1.807, 2.05) is 77.1 Å². The summed E-state index contributed by atoms with van der Waals surface area (Å²) in [7, 11) is 0. The monoisotopic (exact) mass is 868 g/mol. The Morgan fingerprint density at radius 3 is 2.31 bits per heavy atom. The van der Waals surface area contributed by atoms with Gasteiger partial charge in [-0.05, 0) is 86.2 Å². The summed E-state index contributed by atoms with van der Waals surface area (Å²) in [5.41, 5.74) is 5.85. The topological polar surface area (TPSA) is 182 Å². The van der Waals surface area contributed by atoms with Gasteiger partial charge in [0.05, 0.1) is 22.8 Å². The molecule has 3 aliphatic heterocycles. The number of amides is 4. The lowest BCUT2D eigenvalue weighted by atomic mass is 9.95. The van der Waals surface area contributed by atoms with Crippen molar-refractivity contribution >= 4 is 46.1 Å². The minimum absolute atomic E-state index is 0.0911. The lowest BCUT2D eigenvalue weighted by molar-refractivity contribution is -0.120. The molecule has 4 amide bonds. The number of carbonyl (C=O) groups is 3. The standard InChI is InChI=1S/C47H53FN12O4/c1-28-24-31(6-12-35(28)29(2)52-43(62)44-55-45(56-64-44)47(3,4)5)40-38-39(48)41(54-42(38)51-27-50-40)32-7-13-36(49-25-32)59-22-20-57(21-23-59)26-30-14-17-58(18-15-30)33-8-10-34(11-9-33)60-19-16-37(61)53-46(60)63/h6-13,24-25,27,29-30H,14-23,26H2,1-5H3,(H,52,62)(H,50,51,54)(H,53,61,63). The van der Waals surface area contributed by atoms with Crippen LogP contribution in [-0.4, -0.2) is 105 Å². The number of benzene rings is 2. The first-order chi connectivity index (χ1) is 30.8. The quantitative estimate of drug-likeness (QED) is 0.131. The van der Waals surface area contributed by atoms with Crippen molar-refractivity contribution in [2.45, 2.75) is 65.3 Å². The van der Waals surface area contributed by atoms with Gasteiger partial charge in [-0.15, -0.1) is 0 Å². The highest BCUT2D eigenvalue weighted by atomic mass is 19.1. The summed E-state index contributed by atoms with van der Waals surface area (Å²) in [6.07, 6.45) is 5.69. The van der Waals surface area contributed by atoms with Crippen molar-refractivity contribution in [2.24, 2.45) is 5.92 Å². The highest BCUT2D eigenvalue weighted by molar-refractivity contribution is 6.05. The number of rotatable bonds is 10. The van der Waals surface area contributed by atoms with Crippen molar-refractivity contribution in [3.63, 3.8) is 0 Å². The zero-order valence-electron chi connectivity index (χ0n) is 36.8. The van der Waals surface area contributed by atoms with E-state index in [9.17, 15) is 14.4 Å². The number of piperazine rings is 1. The number of urea groups is 1. The predicted molar refractivity (Wildman–Crippen MR) is 242 cm³/mol. The number of nitrogens with one attached hydrogen (secondary N) is 3. The van der Waals surface area contributed by atoms with E-state index < -0.39 is 11.7 Å². The molecule has 3 aliphatic rings. The van der Waals surface area contributed by atoms with Gasteiger partial charge in [-0.3, -0.25) is 24.7 Å². The number of anilines is 3. The van der Waals surface area contributed by atoms with Gasteiger partial charge >= 0.3 is 17.8 Å². The van der Waals surface area contributed by atoms with Gasteiger partial charge in [0.1, 0.15) is 17.8 Å². The van der Waals surface area contributed by atoms with Crippen LogP contribution < -0.4 is 25.3 Å². The lowest BCUT2D eigenvalue weighted by Gasteiger charge is -2.39. The van der Waals surface area contributed by atoms with Crippen molar-refractivity contribution in [1.82, 2.24) is 45.6 Å². The molecular formula is C47H53FN12O4. The van der Waals surface area contributed by atoms with Gasteiger partial charge < -0.3 is 24.6 Å². The molecule has 0 bridgehead atoms. The SMILES string of the molecule is Cc1cc(-c2ncnc3[nH]c(-c4ccc(N5CCN(CC6CCN(c7ccc(N8CCC(=O)NC8=O)cc7)CC6)CC5)nc4)c(F)c23)ccc1C(C)NC(=O)c1nc(C(C)(C)C)no1. The molecule has 7 heterocycles. The van der Waals surface area contributed by atoms with Crippen molar-refractivity contribution in [3.8, 4) is 22.5 Å². The van der Waals surface area contributed by atoms with E-state index in [2.05, 4.69) is 62.6 Å². The Kier molecular flexibility index (Phi) is 11.6. The zero-order valence-corrected chi connectivity index (χ0v) is 36.8. The van der Waals surface area contributed by atoms with Gasteiger partial charge in [0.15, 0.2) is 11.6 Å². The van der Waals surface area contributed by atoms with Crippen LogP contribution in [0, 0.1) is 18.7 Å². The molecule has 3 N–H and O–H groups in total. The Balaban J connectivity index is 0.783. The summed E-state index contributed by atoms with van der Waals surface area (Å²) in [6, 6.07) is 16.9. The van der Waals surface area contributed by atoms with Crippen LogP contribution in [0.5, 0.6) is 0 Å². The number of pyridine rings is 1. The highest BCUT2D eigenvalue weighted by Crippen LogP contribution is 2.35. The number of fused-ring (bicyclic) bond motifs is 1. The number of imide groups is 1. The number of aromatic amines is 1. The van der Waals surface area contributed by atoms with E-state index >= 15 is 4.39 Å². The fourth-order valence-electron chi connectivity index (χ4n) is 8.94. The van der Waals surface area contributed by atoms with Gasteiger partial charge in [-0.25, -0.2) is 24.1 Å². The molecule has 1 atom stereocenters. The summed E-state index contributed by atoms with van der Waals surface area (Å²) >= 11 is 0. The number of piperidine rings is 1. The van der Waals surface area contributed by atoms with Crippen LogP contribution in [0.15, 0.2) is 71.6 Å². The Morgan fingerprint density at radius 1 is 0.906 bits per heavy atom. The van der Waals surface area contributed by atoms with Crippen LogP contribution >= 0.6 is 0 Å². The van der Waals surface area contributed by atoms with E-state index in [1.54, 1.807) is 11.1 Å². The normalized spacial score (nSPS) is 17.2. The van der Waals surface area contributed by atoms with E-state index in [0.717, 1.165) is 92.5 Å². The van der Waals surface area contributed by atoms with Crippen molar-refractivity contribution < 1.29 is 23.3 Å². The number of hydrogen-bond acceptors (Lipinski definition) is 12. The number of aryl methyl sites for hydroxylation is 1. The number of H-pyrrole nitrogens is 1. The molecule has 2 aromatic carbocycles. The summed E-state index contributed by atoms with van der Waals surface area (Å²) < 4.78 is 21.6. The van der Waals surface area contributed by atoms with E-state index in [4.69, 9.17) is 9.51 Å². The molecule has 64 heavy (non-hydrogen) atoms. The molecule has 9 rings (SSSR count). The van der Waals surface area contributed by atoms with E-state index in [1.165, 1.54) is 6.33 Å². The fraction of sp³-hybridized carbons (Fsp3) is 0.404. The lowest BCUT2D eigenvalue weighted by Crippen LogP contribution is -2.49. The minimum atomic E-state index is -0.460. The smallest absolute Gasteiger partial charge is 0.328 e. The number of carbonyl (C=O) groups excluding carboxylic acids is 3. The van der Waals surface area contributed by atoms with Crippen LogP contribution in [0.2, 0.25) is 0 Å². The second-order valence-electron chi connectivity index (χ2n) is 18.1. The average Bonchev–Trinajstić information content (AvgIpc) is 3.93. The molecule has 3 fully saturated rings. The largest absolute Gasteiger partial charge is 0.372 e. The van der Waals surface area contributed by atoms with E-state index in [-0.39, 0.29) is 29.3 Å². The maximum Gasteiger partial charge on any atom is 0.328 e. The molecule has 16 nitrogen and oxygen atoms in total. The Bertz CT molecular complexity index is 2680. The van der Waals surface area contributed by atoms with Crippen molar-refractivity contribution in [2.75, 3.05) is 67.1 Å². The molecule has 1 unspecified atom stereocenters. The van der Waals surface area contributed by atoms with Crippen LogP contribution in [0.3, 0.4) is 0 Å². The number of nitrogens with zero attached hydrogens (tertiary/aromatic N) is 9. The first-order valence-electron chi connectivity index (χ1n) is 22.0. The van der Waals surface area contributed by atoms with Crippen molar-refractivity contribution in [1.29, 1.82) is 0 Å². The maximum atomic E-state index is 16.4. The summed E-state index contributed by atoms with van der Waals surface area (Å²) in [5, 5.41) is 9.58. The molecule has 0 spiro atoms. The Labute approximate surface area is 370 Å². The molecule has 6 aromatic rings. The Hall–Kier alpha value is -6.75. The van der Waals surface area contributed by atoms with Gasteiger partial charge in [0.2, 0.25) is 5.91 Å². The second-order valence-corrected chi connectivity index (χ2v) is 18.1. The molecule has 3 saturated heterocycles. The molecule has 0 aliphatic carbocycles. The fourth-order valence-corrected chi connectivity index (χ4v) is 8.94. The molecule has 332 valence electrons. The molecule has 0 saturated carbocycles. The number of halogens is 1.